The molecule has 5 heteroatoms. The van der Waals surface area contributed by atoms with Crippen LogP contribution in [0.3, 0.4) is 0 Å². The van der Waals surface area contributed by atoms with E-state index in [4.69, 9.17) is 14.2 Å². The minimum Gasteiger partial charge on any atom is -0.485 e. The Balaban J connectivity index is 1.37. The van der Waals surface area contributed by atoms with Crippen LogP contribution in [0.25, 0.3) is 6.08 Å². The first-order chi connectivity index (χ1) is 17.2. The Morgan fingerprint density at radius 3 is 1.91 bits per heavy atom. The quantitative estimate of drug-likeness (QED) is 0.255. The maximum absolute atomic E-state index is 12.5. The molecule has 0 radical (unpaired) electrons. The highest BCUT2D eigenvalue weighted by molar-refractivity contribution is 5.95. The van der Waals surface area contributed by atoms with Gasteiger partial charge in [0.25, 0.3) is 0 Å². The van der Waals surface area contributed by atoms with Crippen molar-refractivity contribution in [3.63, 3.8) is 0 Å². The zero-order valence-corrected chi connectivity index (χ0v) is 19.1. The molecule has 1 fully saturated rings. The fourth-order valence-corrected chi connectivity index (χ4v) is 3.76. The van der Waals surface area contributed by atoms with E-state index in [0.29, 0.717) is 30.4 Å². The summed E-state index contributed by atoms with van der Waals surface area (Å²) in [6, 6.07) is 35.2. The normalized spacial score (nSPS) is 15.9. The molecule has 35 heavy (non-hydrogen) atoms. The van der Waals surface area contributed by atoms with Gasteiger partial charge in [-0.2, -0.15) is 0 Å². The molecule has 174 valence electrons. The average molecular weight is 464 g/mol. The molecule has 1 atom stereocenters. The third-order valence-electron chi connectivity index (χ3n) is 5.59. The Bertz CT molecular complexity index is 1300. The molecule has 1 N–H and O–H groups in total. The molecule has 5 nitrogen and oxygen atoms in total. The van der Waals surface area contributed by atoms with Crippen LogP contribution in [0.1, 0.15) is 28.5 Å². The van der Waals surface area contributed by atoms with Crippen molar-refractivity contribution in [1.29, 1.82) is 0 Å². The van der Waals surface area contributed by atoms with Gasteiger partial charge in [0.15, 0.2) is 17.7 Å². The number of hydrogen-bond acceptors (Lipinski definition) is 5. The Morgan fingerprint density at radius 1 is 0.714 bits per heavy atom. The van der Waals surface area contributed by atoms with Gasteiger partial charge in [-0.15, -0.1) is 0 Å². The topological polar surface area (TPSA) is 56.8 Å². The van der Waals surface area contributed by atoms with Crippen LogP contribution >= 0.6 is 0 Å². The standard InChI is InChI=1S/C30H25NO4/c32-30-26(31-29(35-30)25-14-8-3-9-15-25)18-24-16-17-27(33-20-22-10-4-1-5-11-22)28(19-24)34-21-23-12-6-2-7-13-23/h1-19,29,31H,20-21H2/b26-18-. The number of hydrogen-bond donors (Lipinski definition) is 1. The molecule has 0 saturated carbocycles. The number of carbonyl (C=O) groups excluding carboxylic acids is 1. The van der Waals surface area contributed by atoms with Gasteiger partial charge in [-0.1, -0.05) is 97.1 Å². The Hall–Kier alpha value is -4.51. The molecule has 4 aromatic carbocycles. The molecule has 1 heterocycles. The zero-order valence-electron chi connectivity index (χ0n) is 19.1. The van der Waals surface area contributed by atoms with Gasteiger partial charge in [0, 0.05) is 5.56 Å². The van der Waals surface area contributed by atoms with E-state index in [0.717, 1.165) is 22.3 Å². The van der Waals surface area contributed by atoms with Crippen molar-refractivity contribution in [2.24, 2.45) is 0 Å². The van der Waals surface area contributed by atoms with Crippen molar-refractivity contribution in [2.75, 3.05) is 0 Å². The number of carbonyl (C=O) groups is 1. The number of ether oxygens (including phenoxy) is 3. The highest BCUT2D eigenvalue weighted by Gasteiger charge is 2.29. The summed E-state index contributed by atoms with van der Waals surface area (Å²) >= 11 is 0. The zero-order chi connectivity index (χ0) is 23.9. The molecular formula is C30H25NO4. The number of nitrogens with one attached hydrogen (secondary N) is 1. The van der Waals surface area contributed by atoms with Gasteiger partial charge >= 0.3 is 5.97 Å². The van der Waals surface area contributed by atoms with Crippen LogP contribution in [0.4, 0.5) is 0 Å². The van der Waals surface area contributed by atoms with E-state index in [1.807, 2.05) is 109 Å². The predicted octanol–water partition coefficient (Wildman–Crippen LogP) is 6.03. The lowest BCUT2D eigenvalue weighted by Gasteiger charge is -2.14. The molecule has 1 aliphatic rings. The van der Waals surface area contributed by atoms with Crippen LogP contribution < -0.4 is 14.8 Å². The largest absolute Gasteiger partial charge is 0.485 e. The summed E-state index contributed by atoms with van der Waals surface area (Å²) in [7, 11) is 0. The van der Waals surface area contributed by atoms with E-state index >= 15 is 0 Å². The molecule has 0 aliphatic carbocycles. The van der Waals surface area contributed by atoms with Crippen molar-refractivity contribution >= 4 is 12.0 Å². The molecule has 1 unspecified atom stereocenters. The molecule has 0 bridgehead atoms. The average Bonchev–Trinajstić information content (AvgIpc) is 3.28. The Morgan fingerprint density at radius 2 is 1.29 bits per heavy atom. The predicted molar refractivity (Wildman–Crippen MR) is 134 cm³/mol. The fourth-order valence-electron chi connectivity index (χ4n) is 3.76. The maximum Gasteiger partial charge on any atom is 0.356 e. The van der Waals surface area contributed by atoms with Gasteiger partial charge < -0.3 is 19.5 Å². The minimum absolute atomic E-state index is 0.394. The van der Waals surface area contributed by atoms with Gasteiger partial charge in [-0.25, -0.2) is 4.79 Å². The molecule has 1 aliphatic heterocycles. The molecule has 0 aromatic heterocycles. The number of rotatable bonds is 8. The van der Waals surface area contributed by atoms with E-state index < -0.39 is 12.2 Å². The van der Waals surface area contributed by atoms with Crippen LogP contribution in [0.15, 0.2) is 115 Å². The summed E-state index contributed by atoms with van der Waals surface area (Å²) in [5.74, 6) is 0.844. The molecular weight excluding hydrogens is 438 g/mol. The maximum atomic E-state index is 12.5. The molecule has 0 spiro atoms. The Kier molecular flexibility index (Phi) is 6.76. The van der Waals surface area contributed by atoms with Gasteiger partial charge in [-0.05, 0) is 34.9 Å². The van der Waals surface area contributed by atoms with Crippen LogP contribution in [0, 0.1) is 0 Å². The summed E-state index contributed by atoms with van der Waals surface area (Å²) in [5, 5.41) is 3.16. The highest BCUT2D eigenvalue weighted by atomic mass is 16.6. The second-order valence-electron chi connectivity index (χ2n) is 8.15. The van der Waals surface area contributed by atoms with Crippen LogP contribution in [-0.4, -0.2) is 5.97 Å². The number of esters is 1. The third kappa shape index (κ3) is 5.71. The van der Waals surface area contributed by atoms with Gasteiger partial charge in [0.2, 0.25) is 0 Å². The summed E-state index contributed by atoms with van der Waals surface area (Å²) in [4.78, 5) is 12.5. The third-order valence-corrected chi connectivity index (χ3v) is 5.59. The van der Waals surface area contributed by atoms with Gasteiger partial charge in [-0.3, -0.25) is 0 Å². The van der Waals surface area contributed by atoms with Crippen LogP contribution in [0.2, 0.25) is 0 Å². The molecule has 5 rings (SSSR count). The second kappa shape index (κ2) is 10.6. The smallest absolute Gasteiger partial charge is 0.356 e. The van der Waals surface area contributed by atoms with Crippen LogP contribution in [-0.2, 0) is 22.7 Å². The summed E-state index contributed by atoms with van der Waals surface area (Å²) in [6.07, 6.45) is 1.26. The van der Waals surface area contributed by atoms with Crippen molar-refractivity contribution in [1.82, 2.24) is 5.32 Å². The highest BCUT2D eigenvalue weighted by Crippen LogP contribution is 2.32. The van der Waals surface area contributed by atoms with Gasteiger partial charge in [0.05, 0.1) is 0 Å². The monoisotopic (exact) mass is 463 g/mol. The van der Waals surface area contributed by atoms with Crippen molar-refractivity contribution in [3.05, 3.63) is 137 Å². The lowest BCUT2D eigenvalue weighted by atomic mass is 10.1. The minimum atomic E-state index is -0.503. The second-order valence-corrected chi connectivity index (χ2v) is 8.15. The van der Waals surface area contributed by atoms with E-state index in [2.05, 4.69) is 5.32 Å². The summed E-state index contributed by atoms with van der Waals surface area (Å²) in [6.45, 7) is 0.828. The van der Waals surface area contributed by atoms with E-state index in [-0.39, 0.29) is 0 Å². The molecule has 1 saturated heterocycles. The molecule has 0 amide bonds. The van der Waals surface area contributed by atoms with E-state index in [9.17, 15) is 4.79 Å². The summed E-state index contributed by atoms with van der Waals surface area (Å²) < 4.78 is 17.7. The Labute approximate surface area is 204 Å². The first-order valence-electron chi connectivity index (χ1n) is 11.5. The lowest BCUT2D eigenvalue weighted by molar-refractivity contribution is -0.139. The number of benzene rings is 4. The van der Waals surface area contributed by atoms with Crippen molar-refractivity contribution < 1.29 is 19.0 Å². The first kappa shape index (κ1) is 22.3. The van der Waals surface area contributed by atoms with E-state index in [1.54, 1.807) is 6.08 Å². The van der Waals surface area contributed by atoms with Crippen molar-refractivity contribution in [3.8, 4) is 11.5 Å². The summed E-state index contributed by atoms with van der Waals surface area (Å²) in [5.41, 5.74) is 4.20. The van der Waals surface area contributed by atoms with Crippen molar-refractivity contribution in [2.45, 2.75) is 19.4 Å². The van der Waals surface area contributed by atoms with E-state index in [1.165, 1.54) is 0 Å². The van der Waals surface area contributed by atoms with Gasteiger partial charge in [0.1, 0.15) is 18.9 Å². The van der Waals surface area contributed by atoms with Crippen LogP contribution in [0.5, 0.6) is 11.5 Å². The lowest BCUT2D eigenvalue weighted by Crippen LogP contribution is -2.12. The SMILES string of the molecule is O=C1OC(c2ccccc2)N/C1=C\c1ccc(OCc2ccccc2)c(OCc2ccccc2)c1. The number of cyclic esters (lactones) is 1. The molecule has 4 aromatic rings. The first-order valence-corrected chi connectivity index (χ1v) is 11.5. The fraction of sp³-hybridized carbons (Fsp3) is 0.100.